The number of benzene rings is 2. The smallest absolute Gasteiger partial charge is 0.311 e. The Morgan fingerprint density at radius 1 is 1.14 bits per heavy atom. The maximum Gasteiger partial charge on any atom is 0.311 e. The maximum atomic E-state index is 12.6. The third-order valence-electron chi connectivity index (χ3n) is 6.32. The van der Waals surface area contributed by atoms with Crippen molar-refractivity contribution in [3.05, 3.63) is 64.7 Å². The minimum Gasteiger partial charge on any atom is -0.491 e. The predicted molar refractivity (Wildman–Crippen MR) is 145 cm³/mol. The average molecular weight is 569 g/mol. The number of ether oxygens (including phenoxy) is 3. The predicted octanol–water partition coefficient (Wildman–Crippen LogP) is 6.26. The molecule has 0 bridgehead atoms. The fraction of sp³-hybridized carbons (Fsp3) is 0.444. The van der Waals surface area contributed by atoms with Gasteiger partial charge in [-0.2, -0.15) is 0 Å². The van der Waals surface area contributed by atoms with Crippen molar-refractivity contribution >= 4 is 52.9 Å². The van der Waals surface area contributed by atoms with Crippen molar-refractivity contribution in [1.82, 2.24) is 5.32 Å². The molecular formula is C27H31Cl2NO6S. The number of nitrogens with one attached hydrogen (secondary N) is 1. The second-order valence-electron chi connectivity index (χ2n) is 8.98. The van der Waals surface area contributed by atoms with Crippen LogP contribution in [-0.2, 0) is 25.5 Å². The molecular weight excluding hydrogens is 537 g/mol. The molecule has 1 aliphatic carbocycles. The number of esters is 1. The first-order valence-electron chi connectivity index (χ1n) is 12.3. The summed E-state index contributed by atoms with van der Waals surface area (Å²) in [6, 6.07) is 14.7. The zero-order valence-electron chi connectivity index (χ0n) is 20.5. The highest BCUT2D eigenvalue weighted by molar-refractivity contribution is 8.15. The molecule has 3 atom stereocenters. The highest BCUT2D eigenvalue weighted by Gasteiger charge is 2.31. The molecule has 37 heavy (non-hydrogen) atoms. The van der Waals surface area contributed by atoms with E-state index in [-0.39, 0.29) is 42.0 Å². The standard InChI is InChI=1S/C27H30ClNO6S.ClH/c1-2-24(35-26(31)18-6-3-4-7-18)34-22(19-8-5-9-20(28)15-19)16-33-21-12-10-17(11-13-21)14-23-25(30)29-27(32)36-23;/h5,8-13,15,18,22-24H,2-4,6-7,14,16H2,1H3,(H,29,30,32);1H. The van der Waals surface area contributed by atoms with Gasteiger partial charge in [-0.05, 0) is 54.7 Å². The molecule has 1 saturated heterocycles. The highest BCUT2D eigenvalue weighted by atomic mass is 35.5. The van der Waals surface area contributed by atoms with Crippen LogP contribution in [-0.4, -0.2) is 35.3 Å². The number of carbonyl (C=O) groups excluding carboxylic acids is 3. The van der Waals surface area contributed by atoms with Crippen LogP contribution >= 0.6 is 35.8 Å². The minimum absolute atomic E-state index is 0. The van der Waals surface area contributed by atoms with E-state index in [1.165, 1.54) is 0 Å². The quantitative estimate of drug-likeness (QED) is 0.253. The zero-order valence-corrected chi connectivity index (χ0v) is 22.9. The molecule has 1 saturated carbocycles. The summed E-state index contributed by atoms with van der Waals surface area (Å²) < 4.78 is 18.0. The van der Waals surface area contributed by atoms with Crippen LogP contribution in [0.2, 0.25) is 5.02 Å². The summed E-state index contributed by atoms with van der Waals surface area (Å²) in [6.07, 6.45) is 3.62. The first-order valence-corrected chi connectivity index (χ1v) is 13.5. The SMILES string of the molecule is CCC(OC(=O)C1CCCC1)OC(COc1ccc(CC2SC(=O)NC2=O)cc1)c1cccc(Cl)c1.Cl. The molecule has 2 aromatic rings. The number of thioether (sulfide) groups is 1. The number of amides is 2. The van der Waals surface area contributed by atoms with Gasteiger partial charge in [-0.3, -0.25) is 19.7 Å². The molecule has 2 amide bonds. The third-order valence-corrected chi connectivity index (χ3v) is 7.54. The second kappa shape index (κ2) is 14.0. The van der Waals surface area contributed by atoms with Crippen molar-refractivity contribution < 1.29 is 28.6 Å². The Balaban J connectivity index is 0.00000380. The number of rotatable bonds is 11. The summed E-state index contributed by atoms with van der Waals surface area (Å²) >= 11 is 7.23. The van der Waals surface area contributed by atoms with Crippen LogP contribution in [0, 0.1) is 5.92 Å². The number of hydrogen-bond donors (Lipinski definition) is 1. The number of hydrogen-bond acceptors (Lipinski definition) is 7. The van der Waals surface area contributed by atoms with Gasteiger partial charge in [0.2, 0.25) is 12.2 Å². The molecule has 0 aromatic heterocycles. The van der Waals surface area contributed by atoms with Gasteiger partial charge in [0.15, 0.2) is 0 Å². The van der Waals surface area contributed by atoms with Crippen LogP contribution in [0.3, 0.4) is 0 Å². The Kier molecular flexibility index (Phi) is 11.1. The lowest BCUT2D eigenvalue weighted by atomic mass is 10.1. The van der Waals surface area contributed by atoms with Gasteiger partial charge in [-0.1, -0.05) is 67.4 Å². The molecule has 7 nitrogen and oxygen atoms in total. The maximum absolute atomic E-state index is 12.6. The van der Waals surface area contributed by atoms with Gasteiger partial charge in [0.1, 0.15) is 18.5 Å². The van der Waals surface area contributed by atoms with Crippen LogP contribution in [0.25, 0.3) is 0 Å². The number of imide groups is 1. The van der Waals surface area contributed by atoms with Crippen molar-refractivity contribution in [2.24, 2.45) is 5.92 Å². The lowest BCUT2D eigenvalue weighted by Gasteiger charge is -2.25. The van der Waals surface area contributed by atoms with E-state index < -0.39 is 17.6 Å². The Labute approximate surface area is 232 Å². The molecule has 3 unspecified atom stereocenters. The zero-order chi connectivity index (χ0) is 25.5. The Bertz CT molecular complexity index is 1080. The van der Waals surface area contributed by atoms with E-state index in [2.05, 4.69) is 5.32 Å². The monoisotopic (exact) mass is 567 g/mol. The van der Waals surface area contributed by atoms with Crippen molar-refractivity contribution in [1.29, 1.82) is 0 Å². The van der Waals surface area contributed by atoms with Crippen LogP contribution < -0.4 is 10.1 Å². The third kappa shape index (κ3) is 8.37. The van der Waals surface area contributed by atoms with E-state index in [0.29, 0.717) is 23.6 Å². The van der Waals surface area contributed by atoms with Crippen molar-refractivity contribution in [3.8, 4) is 5.75 Å². The fourth-order valence-corrected chi connectivity index (χ4v) is 5.39. The first kappa shape index (κ1) is 29.3. The summed E-state index contributed by atoms with van der Waals surface area (Å²) in [5.41, 5.74) is 1.75. The molecule has 1 heterocycles. The van der Waals surface area contributed by atoms with Gasteiger partial charge >= 0.3 is 5.97 Å². The average Bonchev–Trinajstić information content (AvgIpc) is 3.51. The molecule has 200 valence electrons. The van der Waals surface area contributed by atoms with Gasteiger partial charge in [-0.25, -0.2) is 0 Å². The molecule has 10 heteroatoms. The van der Waals surface area contributed by atoms with Crippen LogP contribution in [0.15, 0.2) is 48.5 Å². The Morgan fingerprint density at radius 3 is 2.49 bits per heavy atom. The van der Waals surface area contributed by atoms with Crippen LogP contribution in [0.5, 0.6) is 5.75 Å². The Hall–Kier alpha value is -2.26. The summed E-state index contributed by atoms with van der Waals surface area (Å²) in [6.45, 7) is 2.10. The highest BCUT2D eigenvalue weighted by Crippen LogP contribution is 2.29. The fourth-order valence-electron chi connectivity index (χ4n) is 4.33. The minimum atomic E-state index is -0.689. The van der Waals surface area contributed by atoms with Gasteiger partial charge in [-0.15, -0.1) is 12.4 Å². The normalized spacial score (nSPS) is 19.1. The lowest BCUT2D eigenvalue weighted by molar-refractivity contribution is -0.198. The summed E-state index contributed by atoms with van der Waals surface area (Å²) in [4.78, 5) is 35.8. The molecule has 0 spiro atoms. The topological polar surface area (TPSA) is 90.9 Å². The summed E-state index contributed by atoms with van der Waals surface area (Å²) in [5, 5.41) is 2.16. The van der Waals surface area contributed by atoms with E-state index >= 15 is 0 Å². The summed E-state index contributed by atoms with van der Waals surface area (Å²) in [5.74, 6) is 0.126. The van der Waals surface area contributed by atoms with E-state index in [9.17, 15) is 14.4 Å². The van der Waals surface area contributed by atoms with E-state index in [1.807, 2.05) is 49.4 Å². The van der Waals surface area contributed by atoms with Crippen LogP contribution in [0.1, 0.15) is 56.3 Å². The van der Waals surface area contributed by atoms with Gasteiger partial charge in [0.05, 0.1) is 11.2 Å². The molecule has 2 fully saturated rings. The number of halogens is 2. The first-order chi connectivity index (χ1) is 17.4. The van der Waals surface area contributed by atoms with Gasteiger partial charge in [0.25, 0.3) is 5.24 Å². The Morgan fingerprint density at radius 2 is 1.86 bits per heavy atom. The van der Waals surface area contributed by atoms with E-state index in [1.54, 1.807) is 6.07 Å². The van der Waals surface area contributed by atoms with Crippen molar-refractivity contribution in [3.63, 3.8) is 0 Å². The molecule has 1 N–H and O–H groups in total. The molecule has 2 aromatic carbocycles. The van der Waals surface area contributed by atoms with Crippen molar-refractivity contribution in [2.45, 2.75) is 63.1 Å². The van der Waals surface area contributed by atoms with E-state index in [0.717, 1.165) is 48.6 Å². The van der Waals surface area contributed by atoms with Gasteiger partial charge < -0.3 is 14.2 Å². The lowest BCUT2D eigenvalue weighted by Crippen LogP contribution is -2.28. The molecule has 1 aliphatic heterocycles. The second-order valence-corrected chi connectivity index (χ2v) is 10.6. The van der Waals surface area contributed by atoms with Gasteiger partial charge in [0, 0.05) is 11.4 Å². The van der Waals surface area contributed by atoms with Crippen LogP contribution in [0.4, 0.5) is 4.79 Å². The summed E-state index contributed by atoms with van der Waals surface area (Å²) in [7, 11) is 0. The molecule has 2 aliphatic rings. The molecule has 4 rings (SSSR count). The molecule has 0 radical (unpaired) electrons. The van der Waals surface area contributed by atoms with E-state index in [4.69, 9.17) is 25.8 Å². The largest absolute Gasteiger partial charge is 0.491 e. The number of carbonyl (C=O) groups is 3. The van der Waals surface area contributed by atoms with Crippen molar-refractivity contribution in [2.75, 3.05) is 6.61 Å².